The molecule has 1 unspecified atom stereocenters. The third-order valence-electron chi connectivity index (χ3n) is 2.15. The number of aromatic nitrogens is 1. The van der Waals surface area contributed by atoms with Crippen LogP contribution in [0.15, 0.2) is 16.7 Å². The van der Waals surface area contributed by atoms with E-state index in [1.165, 1.54) is 5.56 Å². The number of rotatable bonds is 5. The van der Waals surface area contributed by atoms with Crippen molar-refractivity contribution in [3.05, 3.63) is 22.3 Å². The molecule has 0 saturated heterocycles. The van der Waals surface area contributed by atoms with E-state index in [9.17, 15) is 0 Å². The van der Waals surface area contributed by atoms with E-state index in [0.29, 0.717) is 5.92 Å². The van der Waals surface area contributed by atoms with E-state index >= 15 is 0 Å². The van der Waals surface area contributed by atoms with Crippen molar-refractivity contribution in [3.63, 3.8) is 0 Å². The molecular weight excluding hydrogens is 256 g/mol. The van der Waals surface area contributed by atoms with Gasteiger partial charge in [0.1, 0.15) is 5.82 Å². The average Bonchev–Trinajstić information content (AvgIpc) is 2.21. The first-order valence-corrected chi connectivity index (χ1v) is 5.78. The first kappa shape index (κ1) is 12.5. The van der Waals surface area contributed by atoms with Crippen LogP contribution in [0, 0.1) is 12.8 Å². The molecular formula is C11H17BrN2O. The Bertz CT molecular complexity index is 317. The molecule has 4 heteroatoms. The van der Waals surface area contributed by atoms with Crippen molar-refractivity contribution in [2.45, 2.75) is 13.8 Å². The Hall–Kier alpha value is -0.610. The van der Waals surface area contributed by atoms with Crippen LogP contribution in [0.5, 0.6) is 0 Å². The molecule has 0 aliphatic heterocycles. The summed E-state index contributed by atoms with van der Waals surface area (Å²) in [5, 5.41) is 3.30. The predicted octanol–water partition coefficient (Wildman–Crippen LogP) is 2.85. The maximum absolute atomic E-state index is 5.07. The molecule has 0 spiro atoms. The molecule has 0 aliphatic rings. The summed E-state index contributed by atoms with van der Waals surface area (Å²) in [6.07, 6.45) is 1.81. The highest BCUT2D eigenvalue weighted by Crippen LogP contribution is 2.23. The van der Waals surface area contributed by atoms with Crippen LogP contribution in [0.4, 0.5) is 5.82 Å². The normalized spacial score (nSPS) is 12.5. The van der Waals surface area contributed by atoms with Crippen LogP contribution in [0.2, 0.25) is 0 Å². The molecule has 15 heavy (non-hydrogen) atoms. The van der Waals surface area contributed by atoms with Gasteiger partial charge in [0.05, 0.1) is 11.1 Å². The Balaban J connectivity index is 2.54. The van der Waals surface area contributed by atoms with Crippen LogP contribution in [-0.4, -0.2) is 25.2 Å². The first-order chi connectivity index (χ1) is 7.15. The SMILES string of the molecule is COCC(C)CNc1nccc(C)c1Br. The van der Waals surface area contributed by atoms with E-state index in [1.807, 2.05) is 12.3 Å². The number of halogens is 1. The van der Waals surface area contributed by atoms with Gasteiger partial charge in [0.15, 0.2) is 0 Å². The van der Waals surface area contributed by atoms with Gasteiger partial charge in [0, 0.05) is 19.9 Å². The lowest BCUT2D eigenvalue weighted by atomic mass is 10.2. The quantitative estimate of drug-likeness (QED) is 0.895. The van der Waals surface area contributed by atoms with Gasteiger partial charge in [-0.15, -0.1) is 0 Å². The van der Waals surface area contributed by atoms with Crippen molar-refractivity contribution in [2.75, 3.05) is 25.6 Å². The summed E-state index contributed by atoms with van der Waals surface area (Å²) in [5.74, 6) is 1.38. The highest BCUT2D eigenvalue weighted by molar-refractivity contribution is 9.10. The zero-order chi connectivity index (χ0) is 11.3. The van der Waals surface area contributed by atoms with E-state index in [0.717, 1.165) is 23.4 Å². The minimum absolute atomic E-state index is 0.476. The van der Waals surface area contributed by atoms with Crippen LogP contribution < -0.4 is 5.32 Å². The first-order valence-electron chi connectivity index (χ1n) is 4.99. The van der Waals surface area contributed by atoms with E-state index in [-0.39, 0.29) is 0 Å². The Morgan fingerprint density at radius 2 is 2.33 bits per heavy atom. The number of nitrogens with one attached hydrogen (secondary N) is 1. The smallest absolute Gasteiger partial charge is 0.140 e. The third kappa shape index (κ3) is 3.80. The number of aryl methyl sites for hydroxylation is 1. The van der Waals surface area contributed by atoms with Crippen LogP contribution in [0.3, 0.4) is 0 Å². The zero-order valence-electron chi connectivity index (χ0n) is 9.38. The lowest BCUT2D eigenvalue weighted by molar-refractivity contribution is 0.164. The molecule has 1 heterocycles. The van der Waals surface area contributed by atoms with Crippen molar-refractivity contribution >= 4 is 21.7 Å². The van der Waals surface area contributed by atoms with Crippen LogP contribution in [0.25, 0.3) is 0 Å². The summed E-state index contributed by atoms with van der Waals surface area (Å²) in [5.41, 5.74) is 1.19. The molecule has 0 radical (unpaired) electrons. The van der Waals surface area contributed by atoms with Gasteiger partial charge >= 0.3 is 0 Å². The Labute approximate surface area is 99.4 Å². The fourth-order valence-corrected chi connectivity index (χ4v) is 1.65. The van der Waals surface area contributed by atoms with Gasteiger partial charge in [-0.1, -0.05) is 6.92 Å². The van der Waals surface area contributed by atoms with E-state index in [4.69, 9.17) is 4.74 Å². The highest BCUT2D eigenvalue weighted by Gasteiger charge is 2.05. The van der Waals surface area contributed by atoms with Gasteiger partial charge in [-0.2, -0.15) is 0 Å². The number of anilines is 1. The van der Waals surface area contributed by atoms with Gasteiger partial charge in [-0.25, -0.2) is 4.98 Å². The Morgan fingerprint density at radius 1 is 1.60 bits per heavy atom. The maximum Gasteiger partial charge on any atom is 0.140 e. The largest absolute Gasteiger partial charge is 0.384 e. The fourth-order valence-electron chi connectivity index (χ4n) is 1.28. The Morgan fingerprint density at radius 3 is 3.00 bits per heavy atom. The molecule has 0 amide bonds. The molecule has 1 atom stereocenters. The van der Waals surface area contributed by atoms with Crippen molar-refractivity contribution in [1.82, 2.24) is 4.98 Å². The van der Waals surface area contributed by atoms with Gasteiger partial charge < -0.3 is 10.1 Å². The second-order valence-corrected chi connectivity index (χ2v) is 4.52. The van der Waals surface area contributed by atoms with Gasteiger partial charge in [0.25, 0.3) is 0 Å². The molecule has 1 N–H and O–H groups in total. The molecule has 84 valence electrons. The average molecular weight is 273 g/mol. The molecule has 0 fully saturated rings. The number of methoxy groups -OCH3 is 1. The van der Waals surface area contributed by atoms with Crippen molar-refractivity contribution in [2.24, 2.45) is 5.92 Å². The van der Waals surface area contributed by atoms with Gasteiger partial charge in [0.2, 0.25) is 0 Å². The van der Waals surface area contributed by atoms with Crippen LogP contribution in [0.1, 0.15) is 12.5 Å². The maximum atomic E-state index is 5.07. The molecule has 0 saturated carbocycles. The monoisotopic (exact) mass is 272 g/mol. The number of hydrogen-bond donors (Lipinski definition) is 1. The van der Waals surface area contributed by atoms with E-state index in [2.05, 4.69) is 40.1 Å². The summed E-state index contributed by atoms with van der Waals surface area (Å²) < 4.78 is 6.11. The van der Waals surface area contributed by atoms with Crippen molar-refractivity contribution in [3.8, 4) is 0 Å². The summed E-state index contributed by atoms with van der Waals surface area (Å²) in [4.78, 5) is 4.27. The highest BCUT2D eigenvalue weighted by atomic mass is 79.9. The molecule has 1 rings (SSSR count). The van der Waals surface area contributed by atoms with Gasteiger partial charge in [-0.3, -0.25) is 0 Å². The summed E-state index contributed by atoms with van der Waals surface area (Å²) in [6.45, 7) is 5.81. The van der Waals surface area contributed by atoms with E-state index in [1.54, 1.807) is 7.11 Å². The lowest BCUT2D eigenvalue weighted by Crippen LogP contribution is -2.16. The fraction of sp³-hybridized carbons (Fsp3) is 0.545. The van der Waals surface area contributed by atoms with Crippen LogP contribution >= 0.6 is 15.9 Å². The molecule has 3 nitrogen and oxygen atoms in total. The van der Waals surface area contributed by atoms with Crippen molar-refractivity contribution < 1.29 is 4.74 Å². The number of hydrogen-bond acceptors (Lipinski definition) is 3. The van der Waals surface area contributed by atoms with Crippen molar-refractivity contribution in [1.29, 1.82) is 0 Å². The molecule has 0 aromatic carbocycles. The molecule has 0 bridgehead atoms. The molecule has 1 aromatic heterocycles. The summed E-state index contributed by atoms with van der Waals surface area (Å²) >= 11 is 3.51. The third-order valence-corrected chi connectivity index (χ3v) is 3.15. The minimum Gasteiger partial charge on any atom is -0.384 e. The lowest BCUT2D eigenvalue weighted by Gasteiger charge is -2.13. The second kappa shape index (κ2) is 6.08. The zero-order valence-corrected chi connectivity index (χ0v) is 11.0. The number of nitrogens with zero attached hydrogens (tertiary/aromatic N) is 1. The topological polar surface area (TPSA) is 34.1 Å². The predicted molar refractivity (Wildman–Crippen MR) is 66.2 cm³/mol. The summed E-state index contributed by atoms with van der Waals surface area (Å²) in [7, 11) is 1.72. The number of ether oxygens (including phenoxy) is 1. The summed E-state index contributed by atoms with van der Waals surface area (Å²) in [6, 6.07) is 1.98. The second-order valence-electron chi connectivity index (χ2n) is 3.73. The van der Waals surface area contributed by atoms with Crippen LogP contribution in [-0.2, 0) is 4.74 Å². The molecule has 0 aliphatic carbocycles. The van der Waals surface area contributed by atoms with E-state index < -0.39 is 0 Å². The Kier molecular flexibility index (Phi) is 5.05. The number of pyridine rings is 1. The minimum atomic E-state index is 0.476. The standard InChI is InChI=1S/C11H17BrN2O/c1-8(7-15-3)6-14-11-10(12)9(2)4-5-13-11/h4-5,8H,6-7H2,1-3H3,(H,13,14). The molecule has 1 aromatic rings. The van der Waals surface area contributed by atoms with Gasteiger partial charge in [-0.05, 0) is 40.4 Å².